The zero-order valence-electron chi connectivity index (χ0n) is 13.6. The summed E-state index contributed by atoms with van der Waals surface area (Å²) in [5, 5.41) is 2.56. The van der Waals surface area contributed by atoms with Gasteiger partial charge in [-0.05, 0) is 48.2 Å². The van der Waals surface area contributed by atoms with Crippen molar-refractivity contribution in [2.24, 2.45) is 0 Å². The fourth-order valence-corrected chi connectivity index (χ4v) is 3.14. The maximum absolute atomic E-state index is 13.1. The third-order valence-electron chi connectivity index (χ3n) is 4.16. The lowest BCUT2D eigenvalue weighted by atomic mass is 9.97. The summed E-state index contributed by atoms with van der Waals surface area (Å²) in [4.78, 5) is 24.2. The third-order valence-corrected chi connectivity index (χ3v) is 4.16. The van der Waals surface area contributed by atoms with Crippen LogP contribution in [0.1, 0.15) is 40.7 Å². The predicted octanol–water partition coefficient (Wildman–Crippen LogP) is 3.84. The minimum atomic E-state index is -0.426. The molecule has 0 aromatic heterocycles. The van der Waals surface area contributed by atoms with Crippen LogP contribution >= 0.6 is 0 Å². The van der Waals surface area contributed by atoms with Gasteiger partial charge in [0.2, 0.25) is 0 Å². The number of rotatable bonds is 4. The molecule has 5 heteroatoms. The average molecular weight is 327 g/mol. The van der Waals surface area contributed by atoms with Gasteiger partial charge in [-0.25, -0.2) is 4.39 Å². The molecular formula is C19H18FNO3. The highest BCUT2D eigenvalue weighted by Gasteiger charge is 2.31. The molecule has 0 fully saturated rings. The van der Waals surface area contributed by atoms with Crippen LogP contribution in [0.2, 0.25) is 0 Å². The largest absolute Gasteiger partial charge is 0.483 e. The summed E-state index contributed by atoms with van der Waals surface area (Å²) in [6.07, 6.45) is 0.464. The van der Waals surface area contributed by atoms with E-state index in [4.69, 9.17) is 4.74 Å². The number of ketones is 1. The van der Waals surface area contributed by atoms with Crippen molar-refractivity contribution >= 4 is 17.4 Å². The summed E-state index contributed by atoms with van der Waals surface area (Å²) < 4.78 is 18.7. The van der Waals surface area contributed by atoms with Crippen molar-refractivity contribution in [2.45, 2.75) is 26.2 Å². The molecule has 2 aromatic rings. The van der Waals surface area contributed by atoms with E-state index in [9.17, 15) is 14.0 Å². The molecule has 0 bridgehead atoms. The third kappa shape index (κ3) is 3.15. The Hall–Kier alpha value is -2.69. The van der Waals surface area contributed by atoms with Crippen molar-refractivity contribution in [2.75, 3.05) is 11.9 Å². The van der Waals surface area contributed by atoms with Crippen LogP contribution in [-0.2, 0) is 4.79 Å². The van der Waals surface area contributed by atoms with Crippen molar-refractivity contribution in [3.8, 4) is 5.75 Å². The van der Waals surface area contributed by atoms with Crippen LogP contribution in [-0.4, -0.2) is 18.3 Å². The number of nitrogens with one attached hydrogen (secondary N) is 1. The monoisotopic (exact) mass is 327 g/mol. The molecule has 124 valence electrons. The normalized spacial score (nSPS) is 16.0. The number of carbonyl (C=O) groups is 2. The maximum atomic E-state index is 13.1. The van der Waals surface area contributed by atoms with Crippen LogP contribution in [0.3, 0.4) is 0 Å². The average Bonchev–Trinajstić information content (AvgIpc) is 2.83. The molecule has 0 spiro atoms. The Balaban J connectivity index is 1.72. The number of amides is 1. The van der Waals surface area contributed by atoms with Crippen LogP contribution in [0, 0.1) is 12.7 Å². The summed E-state index contributed by atoms with van der Waals surface area (Å²) >= 11 is 0. The van der Waals surface area contributed by atoms with Gasteiger partial charge in [0.25, 0.3) is 5.91 Å². The summed E-state index contributed by atoms with van der Waals surface area (Å²) in [5.41, 5.74) is 3.01. The Labute approximate surface area is 139 Å². The van der Waals surface area contributed by atoms with Gasteiger partial charge in [0.1, 0.15) is 11.6 Å². The summed E-state index contributed by atoms with van der Waals surface area (Å²) in [6.45, 7) is 3.74. The number of carbonyl (C=O) groups excluding carboxylic acids is 2. The summed E-state index contributed by atoms with van der Waals surface area (Å²) in [5.74, 6) is -0.198. The predicted molar refractivity (Wildman–Crippen MR) is 89.1 cm³/mol. The van der Waals surface area contributed by atoms with Gasteiger partial charge < -0.3 is 10.1 Å². The van der Waals surface area contributed by atoms with Gasteiger partial charge in [-0.15, -0.1) is 0 Å². The van der Waals surface area contributed by atoms with E-state index >= 15 is 0 Å². The van der Waals surface area contributed by atoms with Crippen molar-refractivity contribution in [1.82, 2.24) is 0 Å². The quantitative estimate of drug-likeness (QED) is 0.928. The molecule has 4 nitrogen and oxygen atoms in total. The van der Waals surface area contributed by atoms with Crippen LogP contribution in [0.15, 0.2) is 36.4 Å². The van der Waals surface area contributed by atoms with Crippen LogP contribution < -0.4 is 10.1 Å². The lowest BCUT2D eigenvalue weighted by Crippen LogP contribution is -2.20. The number of anilines is 1. The Morgan fingerprint density at radius 2 is 2.12 bits per heavy atom. The minimum Gasteiger partial charge on any atom is -0.483 e. The van der Waals surface area contributed by atoms with Gasteiger partial charge in [0.15, 0.2) is 12.4 Å². The fraction of sp³-hybridized carbons (Fsp3) is 0.263. The van der Waals surface area contributed by atoms with Gasteiger partial charge in [-0.3, -0.25) is 9.59 Å². The number of aryl methyl sites for hydroxylation is 1. The second kappa shape index (κ2) is 6.43. The lowest BCUT2D eigenvalue weighted by molar-refractivity contribution is -0.118. The molecule has 1 N–H and O–H groups in total. The Morgan fingerprint density at radius 1 is 1.33 bits per heavy atom. The Morgan fingerprint density at radius 3 is 2.88 bits per heavy atom. The molecule has 0 aliphatic heterocycles. The highest BCUT2D eigenvalue weighted by atomic mass is 19.1. The van der Waals surface area contributed by atoms with Crippen LogP contribution in [0.5, 0.6) is 5.75 Å². The number of fused-ring (bicyclic) bond motifs is 1. The number of benzene rings is 2. The first-order valence-corrected chi connectivity index (χ1v) is 7.80. The van der Waals surface area contributed by atoms with Crippen molar-refractivity contribution in [3.05, 3.63) is 58.9 Å². The van der Waals surface area contributed by atoms with E-state index in [1.54, 1.807) is 12.1 Å². The first-order valence-electron chi connectivity index (χ1n) is 7.80. The molecule has 0 radical (unpaired) electrons. The molecular weight excluding hydrogens is 309 g/mol. The van der Waals surface area contributed by atoms with Gasteiger partial charge in [0.05, 0.1) is 5.56 Å². The Kier molecular flexibility index (Phi) is 4.34. The Bertz CT molecular complexity index is 816. The first kappa shape index (κ1) is 16.2. The standard InChI is InChI=1S/C19H18FNO3/c1-11-6-7-16(19-15(22)8-12(2)18(11)19)24-10-17(23)21-14-5-3-4-13(20)9-14/h3-7,9,12H,8,10H2,1-2H3,(H,21,23)/t12-/m1/s1. The van der Waals surface area contributed by atoms with Crippen molar-refractivity contribution in [3.63, 3.8) is 0 Å². The van der Waals surface area contributed by atoms with Gasteiger partial charge in [-0.1, -0.05) is 19.1 Å². The van der Waals surface area contributed by atoms with Gasteiger partial charge in [-0.2, -0.15) is 0 Å². The first-order chi connectivity index (χ1) is 11.5. The highest BCUT2D eigenvalue weighted by Crippen LogP contribution is 2.40. The molecule has 2 aromatic carbocycles. The molecule has 0 unspecified atom stereocenters. The second-order valence-corrected chi connectivity index (χ2v) is 6.04. The van der Waals surface area contributed by atoms with Crippen molar-refractivity contribution < 1.29 is 18.7 Å². The van der Waals surface area contributed by atoms with E-state index in [0.29, 0.717) is 23.4 Å². The SMILES string of the molecule is Cc1ccc(OCC(=O)Nc2cccc(F)c2)c2c1[C@H](C)CC2=O. The molecule has 1 amide bonds. The lowest BCUT2D eigenvalue weighted by Gasteiger charge is -2.13. The molecule has 0 saturated heterocycles. The summed E-state index contributed by atoms with van der Waals surface area (Å²) in [7, 11) is 0. The van der Waals surface area contributed by atoms with Crippen molar-refractivity contribution in [1.29, 1.82) is 0 Å². The smallest absolute Gasteiger partial charge is 0.262 e. The molecule has 1 atom stereocenters. The van der Waals surface area contributed by atoms with Gasteiger partial charge >= 0.3 is 0 Å². The zero-order valence-corrected chi connectivity index (χ0v) is 13.6. The number of ether oxygens (including phenoxy) is 1. The number of Topliss-reactive ketones (excluding diaryl/α,β-unsaturated/α-hetero) is 1. The molecule has 24 heavy (non-hydrogen) atoms. The second-order valence-electron chi connectivity index (χ2n) is 6.04. The molecule has 3 rings (SSSR count). The fourth-order valence-electron chi connectivity index (χ4n) is 3.14. The highest BCUT2D eigenvalue weighted by molar-refractivity contribution is 6.04. The van der Waals surface area contributed by atoms with E-state index in [-0.39, 0.29) is 18.3 Å². The molecule has 1 aliphatic rings. The molecule has 1 aliphatic carbocycles. The summed E-state index contributed by atoms with van der Waals surface area (Å²) in [6, 6.07) is 9.25. The topological polar surface area (TPSA) is 55.4 Å². The van der Waals surface area contributed by atoms with E-state index in [2.05, 4.69) is 5.32 Å². The van der Waals surface area contributed by atoms with E-state index in [0.717, 1.165) is 11.1 Å². The van der Waals surface area contributed by atoms with E-state index < -0.39 is 11.7 Å². The van der Waals surface area contributed by atoms with E-state index in [1.165, 1.54) is 18.2 Å². The molecule has 0 saturated carbocycles. The number of hydrogen-bond acceptors (Lipinski definition) is 3. The number of halogens is 1. The maximum Gasteiger partial charge on any atom is 0.262 e. The van der Waals surface area contributed by atoms with E-state index in [1.807, 2.05) is 19.9 Å². The minimum absolute atomic E-state index is 0.0433. The zero-order chi connectivity index (χ0) is 17.3. The number of hydrogen-bond donors (Lipinski definition) is 1. The van der Waals surface area contributed by atoms with Gasteiger partial charge in [0, 0.05) is 12.1 Å². The van der Waals surface area contributed by atoms with Crippen LogP contribution in [0.25, 0.3) is 0 Å². The molecule has 0 heterocycles. The van der Waals surface area contributed by atoms with Crippen LogP contribution in [0.4, 0.5) is 10.1 Å².